The molecule has 0 fully saturated rings. The largest absolute Gasteiger partial charge is 0.415 e. The van der Waals surface area contributed by atoms with Crippen molar-refractivity contribution in [2.24, 2.45) is 0 Å². The number of para-hydroxylation sites is 1. The molecule has 0 aliphatic rings. The quantitative estimate of drug-likeness (QED) is 0.373. The van der Waals surface area contributed by atoms with Gasteiger partial charge in [0, 0.05) is 22.2 Å². The third-order valence-electron chi connectivity index (χ3n) is 4.91. The zero-order chi connectivity index (χ0) is 19.7. The lowest BCUT2D eigenvalue weighted by molar-refractivity contribution is 0.103. The molecule has 136 valence electrons. The van der Waals surface area contributed by atoms with Crippen molar-refractivity contribution in [2.45, 2.75) is 13.8 Å². The average Bonchev–Trinajstić information content (AvgIpc) is 2.74. The molecule has 0 spiro atoms. The first kappa shape index (κ1) is 18.2. The van der Waals surface area contributed by atoms with Gasteiger partial charge >= 0.3 is 7.80 Å². The van der Waals surface area contributed by atoms with Gasteiger partial charge in [0.2, 0.25) is 0 Å². The number of carbonyl (C=O) groups is 1. The standard InChI is InChI=1S/C24H19NO2P/c1-16-21-10-6-7-11-22(21)25-17(2)23(16)24(26)18-12-14-20(15-13-18)28(27)19-8-4-3-5-9-19/h3-15H,1-2H3/q+1. The van der Waals surface area contributed by atoms with E-state index in [9.17, 15) is 9.36 Å². The molecule has 1 atom stereocenters. The molecule has 3 aromatic carbocycles. The number of carbonyl (C=O) groups excluding carboxylic acids is 1. The van der Waals surface area contributed by atoms with Gasteiger partial charge in [-0.05, 0) is 61.9 Å². The monoisotopic (exact) mass is 384 g/mol. The molecule has 1 heterocycles. The normalized spacial score (nSPS) is 11.4. The average molecular weight is 384 g/mol. The predicted octanol–water partition coefficient (Wildman–Crippen LogP) is 4.86. The van der Waals surface area contributed by atoms with E-state index in [0.29, 0.717) is 16.4 Å². The van der Waals surface area contributed by atoms with Crippen LogP contribution < -0.4 is 10.6 Å². The van der Waals surface area contributed by atoms with E-state index in [2.05, 4.69) is 4.98 Å². The summed E-state index contributed by atoms with van der Waals surface area (Å²) in [4.78, 5) is 17.8. The van der Waals surface area contributed by atoms with Crippen LogP contribution in [0.2, 0.25) is 0 Å². The van der Waals surface area contributed by atoms with Crippen LogP contribution in [0.1, 0.15) is 27.2 Å². The number of fused-ring (bicyclic) bond motifs is 1. The molecule has 4 heteroatoms. The van der Waals surface area contributed by atoms with E-state index in [-0.39, 0.29) is 5.78 Å². The molecule has 0 aliphatic heterocycles. The number of hydrogen-bond donors (Lipinski definition) is 0. The summed E-state index contributed by atoms with van der Waals surface area (Å²) in [6, 6.07) is 24.3. The van der Waals surface area contributed by atoms with E-state index in [1.807, 2.05) is 68.4 Å². The number of aryl methyl sites for hydroxylation is 2. The van der Waals surface area contributed by atoms with Gasteiger partial charge < -0.3 is 0 Å². The van der Waals surface area contributed by atoms with E-state index in [1.54, 1.807) is 24.3 Å². The minimum Gasteiger partial charge on any atom is -0.289 e. The van der Waals surface area contributed by atoms with Crippen molar-refractivity contribution < 1.29 is 9.36 Å². The lowest BCUT2D eigenvalue weighted by Gasteiger charge is -2.11. The number of hydrogen-bond acceptors (Lipinski definition) is 3. The second-order valence-electron chi connectivity index (χ2n) is 6.72. The first-order chi connectivity index (χ1) is 13.6. The van der Waals surface area contributed by atoms with Gasteiger partial charge in [0.1, 0.15) is 0 Å². The van der Waals surface area contributed by atoms with E-state index in [1.165, 1.54) is 0 Å². The Morgan fingerprint density at radius 2 is 1.39 bits per heavy atom. The van der Waals surface area contributed by atoms with Crippen LogP contribution in [-0.4, -0.2) is 10.8 Å². The second-order valence-corrected chi connectivity index (χ2v) is 8.34. The minimum absolute atomic E-state index is 0.0604. The van der Waals surface area contributed by atoms with E-state index < -0.39 is 7.80 Å². The maximum absolute atomic E-state index is 13.2. The first-order valence-electron chi connectivity index (χ1n) is 9.09. The molecule has 1 aromatic heterocycles. The number of ketones is 1. The van der Waals surface area contributed by atoms with Crippen LogP contribution in [0.5, 0.6) is 0 Å². The highest BCUT2D eigenvalue weighted by atomic mass is 31.1. The van der Waals surface area contributed by atoms with Crippen molar-refractivity contribution >= 4 is 35.1 Å². The van der Waals surface area contributed by atoms with Crippen molar-refractivity contribution in [1.82, 2.24) is 4.98 Å². The molecule has 4 rings (SSSR count). The maximum Gasteiger partial charge on any atom is 0.415 e. The number of nitrogens with zero attached hydrogens (tertiary/aromatic N) is 1. The van der Waals surface area contributed by atoms with Gasteiger partial charge in [-0.25, -0.2) is 0 Å². The molecule has 0 bridgehead atoms. The summed E-state index contributed by atoms with van der Waals surface area (Å²) in [6.45, 7) is 3.83. The van der Waals surface area contributed by atoms with Gasteiger partial charge in [-0.1, -0.05) is 41.0 Å². The zero-order valence-corrected chi connectivity index (χ0v) is 16.6. The molecule has 28 heavy (non-hydrogen) atoms. The molecular weight excluding hydrogens is 365 g/mol. The zero-order valence-electron chi connectivity index (χ0n) is 15.7. The van der Waals surface area contributed by atoms with Gasteiger partial charge in [0.05, 0.1) is 5.52 Å². The maximum atomic E-state index is 13.2. The summed E-state index contributed by atoms with van der Waals surface area (Å²) in [5.41, 5.74) is 3.76. The van der Waals surface area contributed by atoms with Crippen LogP contribution in [0.15, 0.2) is 78.9 Å². The molecule has 0 radical (unpaired) electrons. The van der Waals surface area contributed by atoms with Crippen LogP contribution >= 0.6 is 7.80 Å². The van der Waals surface area contributed by atoms with Gasteiger partial charge in [-0.2, -0.15) is 0 Å². The van der Waals surface area contributed by atoms with E-state index >= 15 is 0 Å². The van der Waals surface area contributed by atoms with Crippen molar-refractivity contribution in [3.8, 4) is 0 Å². The summed E-state index contributed by atoms with van der Waals surface area (Å²) in [7, 11) is -1.67. The third-order valence-corrected chi connectivity index (χ3v) is 6.45. The molecule has 0 amide bonds. The number of aromatic nitrogens is 1. The highest BCUT2D eigenvalue weighted by Gasteiger charge is 2.24. The second kappa shape index (κ2) is 7.46. The van der Waals surface area contributed by atoms with E-state index in [4.69, 9.17) is 0 Å². The summed E-state index contributed by atoms with van der Waals surface area (Å²) in [6.07, 6.45) is 0. The molecule has 4 aromatic rings. The Labute approximate surface area is 164 Å². The van der Waals surface area contributed by atoms with E-state index in [0.717, 1.165) is 27.5 Å². The molecule has 1 unspecified atom stereocenters. The first-order valence-corrected chi connectivity index (χ1v) is 10.4. The third kappa shape index (κ3) is 3.26. The highest BCUT2D eigenvalue weighted by molar-refractivity contribution is 7.61. The molecular formula is C24H19NO2P+. The fourth-order valence-electron chi connectivity index (χ4n) is 3.47. The summed E-state index contributed by atoms with van der Waals surface area (Å²) >= 11 is 0. The Morgan fingerprint density at radius 1 is 0.786 bits per heavy atom. The fraction of sp³-hybridized carbons (Fsp3) is 0.0833. The smallest absolute Gasteiger partial charge is 0.289 e. The van der Waals surface area contributed by atoms with Gasteiger partial charge in [-0.3, -0.25) is 9.78 Å². The number of rotatable bonds is 4. The number of pyridine rings is 1. The lowest BCUT2D eigenvalue weighted by atomic mass is 9.95. The van der Waals surface area contributed by atoms with Gasteiger partial charge in [0.15, 0.2) is 16.4 Å². The molecule has 0 saturated heterocycles. The highest BCUT2D eigenvalue weighted by Crippen LogP contribution is 2.25. The Morgan fingerprint density at radius 3 is 2.11 bits per heavy atom. The van der Waals surface area contributed by atoms with Crippen LogP contribution in [-0.2, 0) is 4.57 Å². The Bertz CT molecular complexity index is 1200. The van der Waals surface area contributed by atoms with Crippen molar-refractivity contribution in [2.75, 3.05) is 0 Å². The molecule has 0 N–H and O–H groups in total. The van der Waals surface area contributed by atoms with Crippen molar-refractivity contribution in [1.29, 1.82) is 0 Å². The fourth-order valence-corrected chi connectivity index (χ4v) is 4.63. The van der Waals surface area contributed by atoms with Gasteiger partial charge in [-0.15, -0.1) is 0 Å². The van der Waals surface area contributed by atoms with Gasteiger partial charge in [0.25, 0.3) is 0 Å². The molecule has 3 nitrogen and oxygen atoms in total. The Balaban J connectivity index is 1.70. The Hall–Kier alpha value is -3.16. The van der Waals surface area contributed by atoms with Crippen LogP contribution in [0.25, 0.3) is 10.9 Å². The SMILES string of the molecule is Cc1nc2ccccc2c(C)c1C(=O)c1ccc([P+](=O)c2ccccc2)cc1. The summed E-state index contributed by atoms with van der Waals surface area (Å²) in [5.74, 6) is -0.0604. The summed E-state index contributed by atoms with van der Waals surface area (Å²) in [5, 5.41) is 2.48. The van der Waals surface area contributed by atoms with Crippen LogP contribution in [0, 0.1) is 13.8 Å². The predicted molar refractivity (Wildman–Crippen MR) is 114 cm³/mol. The Kier molecular flexibility index (Phi) is 4.85. The molecule has 0 aliphatic carbocycles. The topological polar surface area (TPSA) is 47.0 Å². The lowest BCUT2D eigenvalue weighted by Crippen LogP contribution is -2.11. The van der Waals surface area contributed by atoms with Crippen LogP contribution in [0.4, 0.5) is 0 Å². The molecule has 0 saturated carbocycles. The van der Waals surface area contributed by atoms with Crippen LogP contribution in [0.3, 0.4) is 0 Å². The minimum atomic E-state index is -1.67. The number of benzene rings is 3. The van der Waals surface area contributed by atoms with Crippen molar-refractivity contribution in [3.05, 3.63) is 101 Å². The summed E-state index contributed by atoms with van der Waals surface area (Å²) < 4.78 is 12.7. The van der Waals surface area contributed by atoms with Crippen molar-refractivity contribution in [3.63, 3.8) is 0 Å².